The fourth-order valence-electron chi connectivity index (χ4n) is 2.86. The molecule has 2 heterocycles. The lowest BCUT2D eigenvalue weighted by Crippen LogP contribution is -2.10. The number of benzene rings is 2. The van der Waals surface area contributed by atoms with E-state index in [9.17, 15) is 4.79 Å². The second kappa shape index (κ2) is 7.62. The summed E-state index contributed by atoms with van der Waals surface area (Å²) in [6, 6.07) is 17.9. The minimum Gasteiger partial charge on any atom is -0.293 e. The molecule has 0 amide bonds. The Morgan fingerprint density at radius 3 is 2.30 bits per heavy atom. The zero-order chi connectivity index (χ0) is 18.8. The van der Waals surface area contributed by atoms with Crippen molar-refractivity contribution in [3.05, 3.63) is 88.6 Å². The largest absolute Gasteiger partial charge is 0.293 e. The maximum Gasteiger partial charge on any atom is 0.180 e. The summed E-state index contributed by atoms with van der Waals surface area (Å²) in [6.07, 6.45) is 1.57. The molecule has 0 saturated carbocycles. The smallest absolute Gasteiger partial charge is 0.180 e. The standard InChI is InChI=1S/C22H18N2OS2/c1-14-3-7-16(8-4-14)19(25)20(17-9-5-15(2)6-10-17)27-22-18-11-12-26-21(18)23-13-24-22/h3-13,20H,1-2H3. The van der Waals surface area contributed by atoms with Crippen LogP contribution in [-0.4, -0.2) is 15.8 Å². The molecule has 1 atom stereocenters. The van der Waals surface area contributed by atoms with E-state index in [-0.39, 0.29) is 11.0 Å². The molecule has 0 aliphatic carbocycles. The summed E-state index contributed by atoms with van der Waals surface area (Å²) in [6.45, 7) is 4.07. The van der Waals surface area contributed by atoms with Crippen molar-refractivity contribution in [2.75, 3.05) is 0 Å². The number of nitrogens with zero attached hydrogens (tertiary/aromatic N) is 2. The van der Waals surface area contributed by atoms with Gasteiger partial charge in [-0.3, -0.25) is 4.79 Å². The Bertz CT molecular complexity index is 1090. The number of fused-ring (bicyclic) bond motifs is 1. The fraction of sp³-hybridized carbons (Fsp3) is 0.136. The summed E-state index contributed by atoms with van der Waals surface area (Å²) in [7, 11) is 0. The number of ketones is 1. The molecule has 0 saturated heterocycles. The van der Waals surface area contributed by atoms with Gasteiger partial charge in [0.2, 0.25) is 0 Å². The summed E-state index contributed by atoms with van der Waals surface area (Å²) in [4.78, 5) is 23.1. The first-order valence-corrected chi connectivity index (χ1v) is 10.4. The number of hydrogen-bond donors (Lipinski definition) is 0. The van der Waals surface area contributed by atoms with Gasteiger partial charge < -0.3 is 0 Å². The number of aromatic nitrogens is 2. The average Bonchev–Trinajstić information content (AvgIpc) is 3.17. The molecule has 4 rings (SSSR count). The monoisotopic (exact) mass is 390 g/mol. The van der Waals surface area contributed by atoms with Crippen LogP contribution in [-0.2, 0) is 0 Å². The van der Waals surface area contributed by atoms with Crippen molar-refractivity contribution in [1.29, 1.82) is 0 Å². The molecule has 134 valence electrons. The highest BCUT2D eigenvalue weighted by Crippen LogP contribution is 2.40. The summed E-state index contributed by atoms with van der Waals surface area (Å²) in [5.41, 5.74) is 4.02. The molecular weight excluding hydrogens is 372 g/mol. The molecule has 2 aromatic heterocycles. The van der Waals surface area contributed by atoms with E-state index in [0.29, 0.717) is 5.56 Å². The molecule has 0 N–H and O–H groups in total. The lowest BCUT2D eigenvalue weighted by molar-refractivity contribution is 0.0989. The lowest BCUT2D eigenvalue weighted by Gasteiger charge is -2.16. The Morgan fingerprint density at radius 1 is 0.926 bits per heavy atom. The topological polar surface area (TPSA) is 42.9 Å². The van der Waals surface area contributed by atoms with Crippen molar-refractivity contribution in [3.63, 3.8) is 0 Å². The van der Waals surface area contributed by atoms with Gasteiger partial charge in [0.1, 0.15) is 16.2 Å². The molecule has 0 spiro atoms. The first-order valence-electron chi connectivity index (χ1n) is 8.64. The molecule has 27 heavy (non-hydrogen) atoms. The van der Waals surface area contributed by atoms with Gasteiger partial charge in [-0.1, -0.05) is 71.4 Å². The second-order valence-electron chi connectivity index (χ2n) is 6.46. The number of hydrogen-bond acceptors (Lipinski definition) is 5. The van der Waals surface area contributed by atoms with E-state index in [1.54, 1.807) is 17.7 Å². The minimum absolute atomic E-state index is 0.0887. The Kier molecular flexibility index (Phi) is 5.05. The normalized spacial score (nSPS) is 12.2. The van der Waals surface area contributed by atoms with Crippen LogP contribution >= 0.6 is 23.1 Å². The minimum atomic E-state index is -0.355. The summed E-state index contributed by atoms with van der Waals surface area (Å²) < 4.78 is 0. The van der Waals surface area contributed by atoms with E-state index in [1.165, 1.54) is 17.3 Å². The van der Waals surface area contributed by atoms with Crippen LogP contribution in [0, 0.1) is 13.8 Å². The van der Waals surface area contributed by atoms with Crippen molar-refractivity contribution in [1.82, 2.24) is 9.97 Å². The molecule has 0 radical (unpaired) electrons. The van der Waals surface area contributed by atoms with Crippen LogP contribution in [0.1, 0.15) is 32.3 Å². The van der Waals surface area contributed by atoms with Gasteiger partial charge in [-0.2, -0.15) is 0 Å². The van der Waals surface area contributed by atoms with E-state index in [1.807, 2.05) is 73.8 Å². The van der Waals surface area contributed by atoms with Crippen molar-refractivity contribution in [2.45, 2.75) is 24.1 Å². The molecule has 5 heteroatoms. The van der Waals surface area contributed by atoms with Gasteiger partial charge in [-0.25, -0.2) is 9.97 Å². The number of thioether (sulfide) groups is 1. The Balaban J connectivity index is 1.76. The Hall–Kier alpha value is -2.50. The van der Waals surface area contributed by atoms with Gasteiger partial charge in [-0.05, 0) is 30.9 Å². The van der Waals surface area contributed by atoms with Crippen LogP contribution in [0.25, 0.3) is 10.2 Å². The Morgan fingerprint density at radius 2 is 1.59 bits per heavy atom. The van der Waals surface area contributed by atoms with E-state index < -0.39 is 0 Å². The highest BCUT2D eigenvalue weighted by Gasteiger charge is 2.25. The van der Waals surface area contributed by atoms with Gasteiger partial charge in [0.25, 0.3) is 0 Å². The van der Waals surface area contributed by atoms with Crippen molar-refractivity contribution in [2.24, 2.45) is 0 Å². The van der Waals surface area contributed by atoms with Gasteiger partial charge in [0.05, 0.1) is 5.25 Å². The number of carbonyl (C=O) groups excluding carboxylic acids is 1. The number of thiophene rings is 1. The third-order valence-corrected chi connectivity index (χ3v) is 6.50. The maximum absolute atomic E-state index is 13.4. The third kappa shape index (κ3) is 3.80. The van der Waals surface area contributed by atoms with Crippen LogP contribution in [0.15, 0.2) is 71.3 Å². The zero-order valence-electron chi connectivity index (χ0n) is 15.0. The third-order valence-electron chi connectivity index (χ3n) is 4.41. The summed E-state index contributed by atoms with van der Waals surface area (Å²) in [5, 5.41) is 3.49. The molecule has 0 bridgehead atoms. The highest BCUT2D eigenvalue weighted by molar-refractivity contribution is 8.00. The SMILES string of the molecule is Cc1ccc(C(=O)C(Sc2ncnc3sccc23)c2ccc(C)cc2)cc1. The van der Waals surface area contributed by atoms with Gasteiger partial charge in [0, 0.05) is 10.9 Å². The van der Waals surface area contributed by atoms with Crippen LogP contribution in [0.3, 0.4) is 0 Å². The lowest BCUT2D eigenvalue weighted by atomic mass is 10.0. The van der Waals surface area contributed by atoms with Crippen LogP contribution in [0.5, 0.6) is 0 Å². The van der Waals surface area contributed by atoms with E-state index in [2.05, 4.69) is 9.97 Å². The highest BCUT2D eigenvalue weighted by atomic mass is 32.2. The summed E-state index contributed by atoms with van der Waals surface area (Å²) >= 11 is 3.08. The van der Waals surface area contributed by atoms with E-state index in [0.717, 1.165) is 26.4 Å². The first kappa shape index (κ1) is 17.9. The predicted molar refractivity (Wildman–Crippen MR) is 113 cm³/mol. The van der Waals surface area contributed by atoms with Crippen LogP contribution in [0.4, 0.5) is 0 Å². The van der Waals surface area contributed by atoms with Gasteiger partial charge in [-0.15, -0.1) is 11.3 Å². The second-order valence-corrected chi connectivity index (χ2v) is 8.45. The van der Waals surface area contributed by atoms with Crippen molar-refractivity contribution in [3.8, 4) is 0 Å². The van der Waals surface area contributed by atoms with Crippen LogP contribution < -0.4 is 0 Å². The van der Waals surface area contributed by atoms with Crippen molar-refractivity contribution < 1.29 is 4.79 Å². The van der Waals surface area contributed by atoms with Gasteiger partial charge in [0.15, 0.2) is 5.78 Å². The number of Topliss-reactive ketones (excluding diaryl/α,β-unsaturated/α-hetero) is 1. The molecule has 3 nitrogen and oxygen atoms in total. The molecule has 4 aromatic rings. The van der Waals surface area contributed by atoms with Crippen molar-refractivity contribution >= 4 is 39.1 Å². The van der Waals surface area contributed by atoms with Gasteiger partial charge >= 0.3 is 0 Å². The molecule has 1 unspecified atom stereocenters. The Labute approximate surface area is 166 Å². The molecule has 0 aliphatic heterocycles. The maximum atomic E-state index is 13.4. The number of aryl methyl sites for hydroxylation is 2. The quantitative estimate of drug-likeness (QED) is 0.237. The molecule has 0 fully saturated rings. The van der Waals surface area contributed by atoms with E-state index >= 15 is 0 Å². The first-order chi connectivity index (χ1) is 13.1. The van der Waals surface area contributed by atoms with Crippen LogP contribution in [0.2, 0.25) is 0 Å². The summed E-state index contributed by atoms with van der Waals surface area (Å²) in [5.74, 6) is 0.0887. The molecule has 0 aliphatic rings. The zero-order valence-corrected chi connectivity index (χ0v) is 16.7. The van der Waals surface area contributed by atoms with E-state index in [4.69, 9.17) is 0 Å². The number of rotatable bonds is 5. The molecule has 2 aromatic carbocycles. The fourth-order valence-corrected chi connectivity index (χ4v) is 4.81. The predicted octanol–water partition coefficient (Wildman–Crippen LogP) is 6.02. The number of carbonyl (C=O) groups is 1. The molecular formula is C22H18N2OS2. The average molecular weight is 391 g/mol.